The number of anilines is 1. The first kappa shape index (κ1) is 19.6. The van der Waals surface area contributed by atoms with Crippen molar-refractivity contribution in [1.29, 1.82) is 0 Å². The molecule has 0 saturated heterocycles. The molecule has 1 atom stereocenters. The van der Waals surface area contributed by atoms with Crippen LogP contribution in [0.25, 0.3) is 0 Å². The molecule has 28 heavy (non-hydrogen) atoms. The third-order valence-electron chi connectivity index (χ3n) is 4.41. The van der Waals surface area contributed by atoms with E-state index in [-0.39, 0.29) is 18.2 Å². The summed E-state index contributed by atoms with van der Waals surface area (Å²) < 4.78 is 0. The lowest BCUT2D eigenvalue weighted by molar-refractivity contribution is -0.116. The Morgan fingerprint density at radius 3 is 2.25 bits per heavy atom. The van der Waals surface area contributed by atoms with Crippen molar-refractivity contribution in [3.05, 3.63) is 101 Å². The predicted octanol–water partition coefficient (Wildman–Crippen LogP) is 5.15. The zero-order valence-electron chi connectivity index (χ0n) is 15.5. The molecule has 0 heterocycles. The van der Waals surface area contributed by atoms with Crippen molar-refractivity contribution in [3.63, 3.8) is 0 Å². The van der Waals surface area contributed by atoms with Crippen molar-refractivity contribution in [1.82, 2.24) is 5.32 Å². The maximum absolute atomic E-state index is 12.7. The van der Waals surface area contributed by atoms with Crippen LogP contribution in [0.4, 0.5) is 5.69 Å². The Labute approximate surface area is 169 Å². The van der Waals surface area contributed by atoms with E-state index in [1.165, 1.54) is 0 Å². The average Bonchev–Trinajstić information content (AvgIpc) is 2.71. The zero-order valence-corrected chi connectivity index (χ0v) is 16.2. The zero-order chi connectivity index (χ0) is 19.9. The van der Waals surface area contributed by atoms with Gasteiger partial charge in [-0.2, -0.15) is 0 Å². The molecule has 2 N–H and O–H groups in total. The first-order valence-corrected chi connectivity index (χ1v) is 9.37. The summed E-state index contributed by atoms with van der Waals surface area (Å²) in [5, 5.41) is 6.41. The van der Waals surface area contributed by atoms with E-state index >= 15 is 0 Å². The van der Waals surface area contributed by atoms with Crippen molar-refractivity contribution in [2.24, 2.45) is 0 Å². The Morgan fingerprint density at radius 2 is 1.57 bits per heavy atom. The normalized spacial score (nSPS) is 11.5. The first-order chi connectivity index (χ1) is 13.5. The van der Waals surface area contributed by atoms with Gasteiger partial charge in [-0.1, -0.05) is 66.2 Å². The lowest BCUT2D eigenvalue weighted by Gasteiger charge is -2.19. The van der Waals surface area contributed by atoms with Crippen molar-refractivity contribution in [2.45, 2.75) is 19.4 Å². The van der Waals surface area contributed by atoms with Gasteiger partial charge in [-0.05, 0) is 42.3 Å². The lowest BCUT2D eigenvalue weighted by atomic mass is 10.0. The smallest absolute Gasteiger partial charge is 0.251 e. The molecular formula is C23H21ClN2O2. The van der Waals surface area contributed by atoms with Crippen LogP contribution in [-0.4, -0.2) is 11.8 Å². The Kier molecular flexibility index (Phi) is 6.45. The number of amides is 2. The van der Waals surface area contributed by atoms with Crippen molar-refractivity contribution >= 4 is 29.1 Å². The minimum atomic E-state index is -0.451. The molecule has 4 nitrogen and oxygen atoms in total. The molecule has 0 aromatic heterocycles. The Hall–Kier alpha value is -3.11. The summed E-state index contributed by atoms with van der Waals surface area (Å²) in [4.78, 5) is 25.3. The summed E-state index contributed by atoms with van der Waals surface area (Å²) in [6, 6.07) is 23.3. The molecule has 2 amide bonds. The SMILES string of the molecule is Cc1ccc(Cl)cc1NC(=O)CC(NC(=O)c1ccccc1)c1ccccc1. The number of aryl methyl sites for hydroxylation is 1. The lowest BCUT2D eigenvalue weighted by Crippen LogP contribution is -2.31. The van der Waals surface area contributed by atoms with Crippen LogP contribution in [0.2, 0.25) is 5.02 Å². The van der Waals surface area contributed by atoms with Gasteiger partial charge in [0.25, 0.3) is 5.91 Å². The van der Waals surface area contributed by atoms with E-state index in [4.69, 9.17) is 11.6 Å². The highest BCUT2D eigenvalue weighted by molar-refractivity contribution is 6.31. The van der Waals surface area contributed by atoms with Gasteiger partial charge in [-0.15, -0.1) is 0 Å². The van der Waals surface area contributed by atoms with Crippen LogP contribution in [0.15, 0.2) is 78.9 Å². The number of hydrogen-bond acceptors (Lipinski definition) is 2. The van der Waals surface area contributed by atoms with Gasteiger partial charge in [-0.25, -0.2) is 0 Å². The fourth-order valence-corrected chi connectivity index (χ4v) is 3.06. The molecule has 0 aliphatic carbocycles. The standard InChI is InChI=1S/C23H21ClN2O2/c1-16-12-13-19(24)14-20(16)25-22(27)15-21(17-8-4-2-5-9-17)26-23(28)18-10-6-3-7-11-18/h2-14,21H,15H2,1H3,(H,25,27)(H,26,28). The number of carbonyl (C=O) groups excluding carboxylic acids is 2. The molecule has 0 aliphatic rings. The maximum atomic E-state index is 12.7. The number of halogens is 1. The molecule has 0 bridgehead atoms. The van der Waals surface area contributed by atoms with Gasteiger partial charge in [-0.3, -0.25) is 9.59 Å². The largest absolute Gasteiger partial charge is 0.345 e. The summed E-state index contributed by atoms with van der Waals surface area (Å²) in [5.41, 5.74) is 3.00. The number of carbonyl (C=O) groups is 2. The van der Waals surface area contributed by atoms with E-state index < -0.39 is 6.04 Å². The van der Waals surface area contributed by atoms with Crippen molar-refractivity contribution in [2.75, 3.05) is 5.32 Å². The van der Waals surface area contributed by atoms with E-state index in [2.05, 4.69) is 10.6 Å². The molecule has 0 fully saturated rings. The predicted molar refractivity (Wildman–Crippen MR) is 113 cm³/mol. The second-order valence-corrected chi connectivity index (χ2v) is 6.95. The van der Waals surface area contributed by atoms with E-state index in [9.17, 15) is 9.59 Å². The van der Waals surface area contributed by atoms with Gasteiger partial charge in [0.05, 0.1) is 12.5 Å². The molecule has 5 heteroatoms. The van der Waals surface area contributed by atoms with Crippen LogP contribution in [0.3, 0.4) is 0 Å². The van der Waals surface area contributed by atoms with E-state index in [0.717, 1.165) is 11.1 Å². The van der Waals surface area contributed by atoms with Gasteiger partial charge in [0, 0.05) is 16.3 Å². The molecule has 0 aliphatic heterocycles. The molecule has 0 saturated carbocycles. The molecular weight excluding hydrogens is 372 g/mol. The molecule has 3 rings (SSSR count). The summed E-state index contributed by atoms with van der Waals surface area (Å²) in [6.07, 6.45) is 0.106. The maximum Gasteiger partial charge on any atom is 0.251 e. The summed E-state index contributed by atoms with van der Waals surface area (Å²) >= 11 is 6.03. The minimum absolute atomic E-state index is 0.106. The monoisotopic (exact) mass is 392 g/mol. The van der Waals surface area contributed by atoms with Gasteiger partial charge in [0.15, 0.2) is 0 Å². The fraction of sp³-hybridized carbons (Fsp3) is 0.130. The highest BCUT2D eigenvalue weighted by atomic mass is 35.5. The van der Waals surface area contributed by atoms with Crippen LogP contribution in [-0.2, 0) is 4.79 Å². The summed E-state index contributed by atoms with van der Waals surface area (Å²) in [7, 11) is 0. The second kappa shape index (κ2) is 9.20. The number of rotatable bonds is 6. The number of hydrogen-bond donors (Lipinski definition) is 2. The topological polar surface area (TPSA) is 58.2 Å². The minimum Gasteiger partial charge on any atom is -0.345 e. The first-order valence-electron chi connectivity index (χ1n) is 9.00. The third kappa shape index (κ3) is 5.21. The molecule has 3 aromatic rings. The molecule has 3 aromatic carbocycles. The van der Waals surface area contributed by atoms with Crippen LogP contribution < -0.4 is 10.6 Å². The van der Waals surface area contributed by atoms with Gasteiger partial charge in [0.2, 0.25) is 5.91 Å². The summed E-state index contributed by atoms with van der Waals surface area (Å²) in [6.45, 7) is 1.90. The van der Waals surface area contributed by atoms with Crippen LogP contribution in [0.5, 0.6) is 0 Å². The van der Waals surface area contributed by atoms with Crippen molar-refractivity contribution < 1.29 is 9.59 Å². The Balaban J connectivity index is 1.76. The quantitative estimate of drug-likeness (QED) is 0.609. The Bertz CT molecular complexity index is 959. The van der Waals surface area contributed by atoms with Gasteiger partial charge < -0.3 is 10.6 Å². The van der Waals surface area contributed by atoms with Gasteiger partial charge in [0.1, 0.15) is 0 Å². The molecule has 0 spiro atoms. The number of benzene rings is 3. The molecule has 142 valence electrons. The third-order valence-corrected chi connectivity index (χ3v) is 4.64. The van der Waals surface area contributed by atoms with E-state index in [1.807, 2.05) is 49.4 Å². The number of nitrogens with one attached hydrogen (secondary N) is 2. The average molecular weight is 393 g/mol. The Morgan fingerprint density at radius 1 is 0.929 bits per heavy atom. The highest BCUT2D eigenvalue weighted by Gasteiger charge is 2.19. The van der Waals surface area contributed by atoms with Crippen molar-refractivity contribution in [3.8, 4) is 0 Å². The van der Waals surface area contributed by atoms with Crippen LogP contribution in [0.1, 0.15) is 33.9 Å². The second-order valence-electron chi connectivity index (χ2n) is 6.51. The van der Waals surface area contributed by atoms with E-state index in [1.54, 1.807) is 36.4 Å². The summed E-state index contributed by atoms with van der Waals surface area (Å²) in [5.74, 6) is -0.422. The van der Waals surface area contributed by atoms with E-state index in [0.29, 0.717) is 16.3 Å². The molecule has 0 radical (unpaired) electrons. The molecule has 1 unspecified atom stereocenters. The van der Waals surface area contributed by atoms with Crippen LogP contribution in [0, 0.1) is 6.92 Å². The highest BCUT2D eigenvalue weighted by Crippen LogP contribution is 2.22. The van der Waals surface area contributed by atoms with Crippen LogP contribution >= 0.6 is 11.6 Å². The van der Waals surface area contributed by atoms with Gasteiger partial charge >= 0.3 is 0 Å². The fourth-order valence-electron chi connectivity index (χ4n) is 2.88.